The standard InChI is InChI=1S/C14H16O6/c1-9(15)19-12(11-7-5-4-6-8-11)13(14(17)18-3)20-10(2)16/h4-8,12-13H,1-3H3. The number of hydrogen-bond donors (Lipinski definition) is 0. The molecule has 2 unspecified atom stereocenters. The zero-order chi connectivity index (χ0) is 15.1. The molecule has 0 aromatic heterocycles. The van der Waals surface area contributed by atoms with Crippen molar-refractivity contribution in [2.45, 2.75) is 26.1 Å². The topological polar surface area (TPSA) is 78.9 Å². The summed E-state index contributed by atoms with van der Waals surface area (Å²) in [5, 5.41) is 0. The maximum Gasteiger partial charge on any atom is 0.351 e. The molecule has 1 aromatic rings. The number of esters is 3. The Kier molecular flexibility index (Phi) is 5.71. The molecule has 0 aliphatic carbocycles. The fourth-order valence-electron chi connectivity index (χ4n) is 1.65. The van der Waals surface area contributed by atoms with E-state index in [2.05, 4.69) is 4.74 Å². The van der Waals surface area contributed by atoms with Crippen LogP contribution in [0.1, 0.15) is 25.5 Å². The summed E-state index contributed by atoms with van der Waals surface area (Å²) in [5.74, 6) is -2.07. The lowest BCUT2D eigenvalue weighted by Gasteiger charge is -2.24. The van der Waals surface area contributed by atoms with E-state index in [4.69, 9.17) is 9.47 Å². The molecular weight excluding hydrogens is 264 g/mol. The normalized spacial score (nSPS) is 12.9. The van der Waals surface area contributed by atoms with Crippen molar-refractivity contribution in [2.75, 3.05) is 7.11 Å². The van der Waals surface area contributed by atoms with Gasteiger partial charge in [-0.1, -0.05) is 30.3 Å². The molecule has 0 radical (unpaired) electrons. The van der Waals surface area contributed by atoms with Gasteiger partial charge in [0.15, 0.2) is 6.10 Å². The molecule has 20 heavy (non-hydrogen) atoms. The summed E-state index contributed by atoms with van der Waals surface area (Å²) in [6, 6.07) is 8.52. The van der Waals surface area contributed by atoms with Gasteiger partial charge >= 0.3 is 17.9 Å². The predicted molar refractivity (Wildman–Crippen MR) is 68.5 cm³/mol. The van der Waals surface area contributed by atoms with Gasteiger partial charge in [-0.15, -0.1) is 0 Å². The van der Waals surface area contributed by atoms with Crippen molar-refractivity contribution in [3.05, 3.63) is 35.9 Å². The minimum absolute atomic E-state index is 0.527. The van der Waals surface area contributed by atoms with Crippen molar-refractivity contribution in [1.29, 1.82) is 0 Å². The van der Waals surface area contributed by atoms with Gasteiger partial charge in [0.1, 0.15) is 0 Å². The molecule has 1 rings (SSSR count). The molecule has 0 saturated carbocycles. The van der Waals surface area contributed by atoms with Crippen LogP contribution in [0.3, 0.4) is 0 Å². The average molecular weight is 280 g/mol. The van der Waals surface area contributed by atoms with Gasteiger partial charge in [0.2, 0.25) is 6.10 Å². The number of hydrogen-bond acceptors (Lipinski definition) is 6. The summed E-state index contributed by atoms with van der Waals surface area (Å²) in [5.41, 5.74) is 0.527. The first kappa shape index (κ1) is 15.7. The summed E-state index contributed by atoms with van der Waals surface area (Å²) in [6.45, 7) is 2.36. The molecule has 1 aromatic carbocycles. The molecule has 0 aliphatic rings. The fourth-order valence-corrected chi connectivity index (χ4v) is 1.65. The van der Waals surface area contributed by atoms with Crippen molar-refractivity contribution in [1.82, 2.24) is 0 Å². The third-order valence-electron chi connectivity index (χ3n) is 2.42. The Balaban J connectivity index is 3.13. The zero-order valence-electron chi connectivity index (χ0n) is 11.5. The largest absolute Gasteiger partial charge is 0.466 e. The van der Waals surface area contributed by atoms with E-state index in [1.165, 1.54) is 6.92 Å². The lowest BCUT2D eigenvalue weighted by atomic mass is 10.0. The van der Waals surface area contributed by atoms with E-state index in [1.807, 2.05) is 0 Å². The summed E-state index contributed by atoms with van der Waals surface area (Å²) in [7, 11) is 1.16. The molecule has 0 N–H and O–H groups in total. The van der Waals surface area contributed by atoms with Crippen molar-refractivity contribution < 1.29 is 28.6 Å². The number of benzene rings is 1. The zero-order valence-corrected chi connectivity index (χ0v) is 11.5. The second-order valence-electron chi connectivity index (χ2n) is 3.99. The Morgan fingerprint density at radius 2 is 1.50 bits per heavy atom. The first-order valence-corrected chi connectivity index (χ1v) is 5.93. The van der Waals surface area contributed by atoms with E-state index in [-0.39, 0.29) is 0 Å². The van der Waals surface area contributed by atoms with E-state index in [0.29, 0.717) is 5.56 Å². The van der Waals surface area contributed by atoms with Crippen molar-refractivity contribution in [2.24, 2.45) is 0 Å². The van der Waals surface area contributed by atoms with E-state index in [0.717, 1.165) is 14.0 Å². The number of carbonyl (C=O) groups is 3. The SMILES string of the molecule is COC(=O)C(OC(C)=O)C(OC(C)=O)c1ccccc1. The number of methoxy groups -OCH3 is 1. The Bertz CT molecular complexity index is 482. The maximum absolute atomic E-state index is 11.8. The van der Waals surface area contributed by atoms with Crippen LogP contribution in [0.25, 0.3) is 0 Å². The summed E-state index contributed by atoms with van der Waals surface area (Å²) >= 11 is 0. The van der Waals surface area contributed by atoms with Crippen LogP contribution in [0.2, 0.25) is 0 Å². The molecule has 0 heterocycles. The third-order valence-corrected chi connectivity index (χ3v) is 2.42. The molecule has 0 saturated heterocycles. The summed E-state index contributed by atoms with van der Waals surface area (Å²) < 4.78 is 14.6. The molecule has 6 heteroatoms. The second-order valence-corrected chi connectivity index (χ2v) is 3.99. The lowest BCUT2D eigenvalue weighted by Crippen LogP contribution is -2.36. The lowest BCUT2D eigenvalue weighted by molar-refractivity contribution is -0.180. The summed E-state index contributed by atoms with van der Waals surface area (Å²) in [6.07, 6.45) is -2.39. The van der Waals surface area contributed by atoms with Gasteiger partial charge in [-0.2, -0.15) is 0 Å². The van der Waals surface area contributed by atoms with E-state index in [1.54, 1.807) is 30.3 Å². The average Bonchev–Trinajstić information content (AvgIpc) is 2.42. The quantitative estimate of drug-likeness (QED) is 0.599. The van der Waals surface area contributed by atoms with Gasteiger partial charge in [-0.3, -0.25) is 9.59 Å². The van der Waals surface area contributed by atoms with E-state index >= 15 is 0 Å². The molecule has 0 bridgehead atoms. The smallest absolute Gasteiger partial charge is 0.351 e. The summed E-state index contributed by atoms with van der Waals surface area (Å²) in [4.78, 5) is 34.1. The number of ether oxygens (including phenoxy) is 3. The first-order valence-electron chi connectivity index (χ1n) is 5.93. The Labute approximate surface area is 116 Å². The van der Waals surface area contributed by atoms with Crippen molar-refractivity contribution in [3.63, 3.8) is 0 Å². The maximum atomic E-state index is 11.8. The number of carbonyl (C=O) groups excluding carboxylic acids is 3. The van der Waals surface area contributed by atoms with Gasteiger partial charge in [0.05, 0.1) is 7.11 Å². The van der Waals surface area contributed by atoms with E-state index < -0.39 is 30.1 Å². The van der Waals surface area contributed by atoms with Crippen LogP contribution in [0.15, 0.2) is 30.3 Å². The highest BCUT2D eigenvalue weighted by atomic mass is 16.6. The molecule has 0 spiro atoms. The molecule has 0 aliphatic heterocycles. The van der Waals surface area contributed by atoms with Crippen LogP contribution in [0, 0.1) is 0 Å². The fraction of sp³-hybridized carbons (Fsp3) is 0.357. The first-order chi connectivity index (χ1) is 9.45. The van der Waals surface area contributed by atoms with Gasteiger partial charge in [0, 0.05) is 13.8 Å². The Hall–Kier alpha value is -2.37. The van der Waals surface area contributed by atoms with Crippen molar-refractivity contribution >= 4 is 17.9 Å². The van der Waals surface area contributed by atoms with Crippen LogP contribution in [-0.4, -0.2) is 31.1 Å². The molecular formula is C14H16O6. The monoisotopic (exact) mass is 280 g/mol. The van der Waals surface area contributed by atoms with Crippen LogP contribution in [0.5, 0.6) is 0 Å². The minimum atomic E-state index is -1.34. The molecule has 2 atom stereocenters. The Morgan fingerprint density at radius 3 is 1.95 bits per heavy atom. The van der Waals surface area contributed by atoms with Gasteiger partial charge in [-0.05, 0) is 5.56 Å². The number of rotatable bonds is 5. The third kappa shape index (κ3) is 4.38. The second kappa shape index (κ2) is 7.28. The van der Waals surface area contributed by atoms with E-state index in [9.17, 15) is 14.4 Å². The molecule has 0 amide bonds. The van der Waals surface area contributed by atoms with Gasteiger partial charge < -0.3 is 14.2 Å². The van der Waals surface area contributed by atoms with Gasteiger partial charge in [-0.25, -0.2) is 4.79 Å². The highest BCUT2D eigenvalue weighted by molar-refractivity contribution is 5.80. The minimum Gasteiger partial charge on any atom is -0.466 e. The van der Waals surface area contributed by atoms with Gasteiger partial charge in [0.25, 0.3) is 0 Å². The predicted octanol–water partition coefficient (Wildman–Crippen LogP) is 1.40. The highest BCUT2D eigenvalue weighted by Gasteiger charge is 2.36. The van der Waals surface area contributed by atoms with Crippen molar-refractivity contribution in [3.8, 4) is 0 Å². The van der Waals surface area contributed by atoms with Crippen LogP contribution >= 0.6 is 0 Å². The highest BCUT2D eigenvalue weighted by Crippen LogP contribution is 2.25. The van der Waals surface area contributed by atoms with Crippen LogP contribution in [0.4, 0.5) is 0 Å². The molecule has 0 fully saturated rings. The Morgan fingerprint density at radius 1 is 0.950 bits per heavy atom. The molecule has 6 nitrogen and oxygen atoms in total. The molecule has 108 valence electrons. The van der Waals surface area contributed by atoms with Crippen LogP contribution < -0.4 is 0 Å². The van der Waals surface area contributed by atoms with Crippen LogP contribution in [-0.2, 0) is 28.6 Å².